The summed E-state index contributed by atoms with van der Waals surface area (Å²) in [5.74, 6) is 0.160. The van der Waals surface area contributed by atoms with E-state index in [1.165, 1.54) is 0 Å². The van der Waals surface area contributed by atoms with Crippen molar-refractivity contribution in [3.05, 3.63) is 12.7 Å². The second kappa shape index (κ2) is 5.41. The van der Waals surface area contributed by atoms with E-state index in [-0.39, 0.29) is 5.91 Å². The van der Waals surface area contributed by atoms with Gasteiger partial charge in [-0.05, 0) is 27.7 Å². The van der Waals surface area contributed by atoms with Crippen LogP contribution in [0.15, 0.2) is 12.7 Å². The fraction of sp³-hybridized carbons (Fsp3) is 0.786. The molecule has 18 heavy (non-hydrogen) atoms. The van der Waals surface area contributed by atoms with Crippen LogP contribution < -0.4 is 5.73 Å². The maximum Gasteiger partial charge on any atom is 0.230 e. The molecule has 0 spiro atoms. The predicted octanol–water partition coefficient (Wildman–Crippen LogP) is 1.08. The Morgan fingerprint density at radius 2 is 1.72 bits per heavy atom. The Kier molecular flexibility index (Phi) is 4.56. The lowest BCUT2D eigenvalue weighted by molar-refractivity contribution is -0.145. The third-order valence-corrected chi connectivity index (χ3v) is 4.19. The first-order chi connectivity index (χ1) is 8.20. The summed E-state index contributed by atoms with van der Waals surface area (Å²) < 4.78 is 0. The van der Waals surface area contributed by atoms with Crippen molar-refractivity contribution in [2.24, 2.45) is 11.1 Å². The van der Waals surface area contributed by atoms with Crippen molar-refractivity contribution in [1.82, 2.24) is 9.80 Å². The number of rotatable bonds is 4. The third-order valence-electron chi connectivity index (χ3n) is 4.19. The van der Waals surface area contributed by atoms with E-state index in [0.29, 0.717) is 0 Å². The summed E-state index contributed by atoms with van der Waals surface area (Å²) in [6.07, 6.45) is 1.91. The number of carbonyl (C=O) groups is 1. The van der Waals surface area contributed by atoms with Gasteiger partial charge >= 0.3 is 0 Å². The lowest BCUT2D eigenvalue weighted by Gasteiger charge is -2.43. The Bertz CT molecular complexity index is 309. The van der Waals surface area contributed by atoms with E-state index >= 15 is 0 Å². The molecule has 0 radical (unpaired) electrons. The molecule has 0 aromatic carbocycles. The van der Waals surface area contributed by atoms with Crippen LogP contribution >= 0.6 is 0 Å². The molecule has 1 rings (SSSR count). The predicted molar refractivity (Wildman–Crippen MR) is 75.3 cm³/mol. The van der Waals surface area contributed by atoms with Crippen LogP contribution in [0.25, 0.3) is 0 Å². The van der Waals surface area contributed by atoms with Crippen molar-refractivity contribution in [3.63, 3.8) is 0 Å². The SMILES string of the molecule is C=CCN1CCN(C(=O)C(C)(C)C(C)(C)N)CC1. The monoisotopic (exact) mass is 253 g/mol. The van der Waals surface area contributed by atoms with Gasteiger partial charge in [0.25, 0.3) is 0 Å². The normalized spacial score (nSPS) is 18.8. The molecule has 1 aliphatic heterocycles. The number of hydrogen-bond acceptors (Lipinski definition) is 3. The van der Waals surface area contributed by atoms with Crippen LogP contribution in [-0.4, -0.2) is 54.0 Å². The van der Waals surface area contributed by atoms with Crippen molar-refractivity contribution in [2.45, 2.75) is 33.2 Å². The minimum atomic E-state index is -0.534. The van der Waals surface area contributed by atoms with E-state index in [0.717, 1.165) is 32.7 Å². The van der Waals surface area contributed by atoms with Gasteiger partial charge < -0.3 is 10.6 Å². The second-order valence-corrected chi connectivity index (χ2v) is 6.23. The van der Waals surface area contributed by atoms with Crippen molar-refractivity contribution in [3.8, 4) is 0 Å². The van der Waals surface area contributed by atoms with E-state index < -0.39 is 11.0 Å². The summed E-state index contributed by atoms with van der Waals surface area (Å²) in [5.41, 5.74) is 5.08. The molecule has 1 fully saturated rings. The Morgan fingerprint density at radius 3 is 2.11 bits per heavy atom. The molecule has 0 unspecified atom stereocenters. The molecule has 0 aromatic heterocycles. The number of nitrogens with two attached hydrogens (primary N) is 1. The lowest BCUT2D eigenvalue weighted by Crippen LogP contribution is -2.59. The zero-order chi connectivity index (χ0) is 14.0. The molecule has 2 N–H and O–H groups in total. The summed E-state index contributed by atoms with van der Waals surface area (Å²) in [7, 11) is 0. The Hall–Kier alpha value is -0.870. The molecule has 0 aliphatic carbocycles. The van der Waals surface area contributed by atoms with Gasteiger partial charge in [0.15, 0.2) is 0 Å². The number of carbonyl (C=O) groups excluding carboxylic acids is 1. The second-order valence-electron chi connectivity index (χ2n) is 6.23. The highest BCUT2D eigenvalue weighted by atomic mass is 16.2. The standard InChI is InChI=1S/C14H27N3O/c1-6-7-16-8-10-17(11-9-16)12(18)13(2,3)14(4,5)15/h6H,1,7-11,15H2,2-5H3. The summed E-state index contributed by atoms with van der Waals surface area (Å²) in [6.45, 7) is 15.7. The van der Waals surface area contributed by atoms with Gasteiger partial charge in [-0.2, -0.15) is 0 Å². The number of amides is 1. The molecular weight excluding hydrogens is 226 g/mol. The molecule has 0 atom stereocenters. The largest absolute Gasteiger partial charge is 0.340 e. The quantitative estimate of drug-likeness (QED) is 0.763. The third kappa shape index (κ3) is 3.12. The van der Waals surface area contributed by atoms with Gasteiger partial charge in [0.1, 0.15) is 0 Å². The molecule has 4 nitrogen and oxygen atoms in total. The van der Waals surface area contributed by atoms with Gasteiger partial charge in [0, 0.05) is 38.3 Å². The maximum absolute atomic E-state index is 12.5. The fourth-order valence-corrected chi connectivity index (χ4v) is 1.99. The zero-order valence-corrected chi connectivity index (χ0v) is 12.2. The summed E-state index contributed by atoms with van der Waals surface area (Å²) in [5, 5.41) is 0. The highest BCUT2D eigenvalue weighted by Crippen LogP contribution is 2.30. The summed E-state index contributed by atoms with van der Waals surface area (Å²) in [4.78, 5) is 16.8. The van der Waals surface area contributed by atoms with Crippen molar-refractivity contribution in [1.29, 1.82) is 0 Å². The Balaban J connectivity index is 2.63. The maximum atomic E-state index is 12.5. The molecule has 4 heteroatoms. The first-order valence-corrected chi connectivity index (χ1v) is 6.61. The first-order valence-electron chi connectivity index (χ1n) is 6.61. The van der Waals surface area contributed by atoms with Crippen LogP contribution in [0.4, 0.5) is 0 Å². The smallest absolute Gasteiger partial charge is 0.230 e. The molecule has 1 aliphatic rings. The number of nitrogens with zero attached hydrogens (tertiary/aromatic N) is 2. The lowest BCUT2D eigenvalue weighted by atomic mass is 9.74. The highest BCUT2D eigenvalue weighted by molar-refractivity contribution is 5.83. The minimum absolute atomic E-state index is 0.160. The first kappa shape index (κ1) is 15.2. The van der Waals surface area contributed by atoms with Gasteiger partial charge in [-0.3, -0.25) is 9.69 Å². The van der Waals surface area contributed by atoms with Crippen LogP contribution in [0.2, 0.25) is 0 Å². The van der Waals surface area contributed by atoms with E-state index in [1.807, 2.05) is 38.7 Å². The van der Waals surface area contributed by atoms with Crippen molar-refractivity contribution in [2.75, 3.05) is 32.7 Å². The molecule has 0 aromatic rings. The van der Waals surface area contributed by atoms with Gasteiger partial charge in [-0.25, -0.2) is 0 Å². The molecule has 1 saturated heterocycles. The van der Waals surface area contributed by atoms with Crippen LogP contribution in [-0.2, 0) is 4.79 Å². The number of hydrogen-bond donors (Lipinski definition) is 1. The van der Waals surface area contributed by atoms with E-state index in [2.05, 4.69) is 11.5 Å². The van der Waals surface area contributed by atoms with Crippen LogP contribution in [0, 0.1) is 5.41 Å². The topological polar surface area (TPSA) is 49.6 Å². The minimum Gasteiger partial charge on any atom is -0.340 e. The molecule has 1 heterocycles. The molecule has 0 bridgehead atoms. The van der Waals surface area contributed by atoms with Gasteiger partial charge in [0.2, 0.25) is 5.91 Å². The van der Waals surface area contributed by atoms with E-state index in [9.17, 15) is 4.79 Å². The van der Waals surface area contributed by atoms with Crippen molar-refractivity contribution >= 4 is 5.91 Å². The van der Waals surface area contributed by atoms with Gasteiger partial charge in [-0.1, -0.05) is 6.08 Å². The zero-order valence-electron chi connectivity index (χ0n) is 12.2. The Morgan fingerprint density at radius 1 is 1.22 bits per heavy atom. The highest BCUT2D eigenvalue weighted by Gasteiger charge is 2.43. The summed E-state index contributed by atoms with van der Waals surface area (Å²) >= 11 is 0. The van der Waals surface area contributed by atoms with Gasteiger partial charge in [-0.15, -0.1) is 6.58 Å². The molecule has 1 amide bonds. The average molecular weight is 253 g/mol. The molecule has 0 saturated carbocycles. The molecular formula is C14H27N3O. The van der Waals surface area contributed by atoms with Crippen LogP contribution in [0.1, 0.15) is 27.7 Å². The molecule has 104 valence electrons. The average Bonchev–Trinajstić information content (AvgIpc) is 2.28. The fourth-order valence-electron chi connectivity index (χ4n) is 1.99. The van der Waals surface area contributed by atoms with E-state index in [4.69, 9.17) is 5.73 Å². The van der Waals surface area contributed by atoms with Gasteiger partial charge in [0.05, 0.1) is 5.41 Å². The van der Waals surface area contributed by atoms with E-state index in [1.54, 1.807) is 0 Å². The van der Waals surface area contributed by atoms with Crippen LogP contribution in [0.3, 0.4) is 0 Å². The Labute approximate surface area is 111 Å². The van der Waals surface area contributed by atoms with Crippen molar-refractivity contribution < 1.29 is 4.79 Å². The summed E-state index contributed by atoms with van der Waals surface area (Å²) in [6, 6.07) is 0. The van der Waals surface area contributed by atoms with Crippen LogP contribution in [0.5, 0.6) is 0 Å². The number of piperazine rings is 1.